The lowest BCUT2D eigenvalue weighted by molar-refractivity contribution is 0.622. The first-order valence-electron chi connectivity index (χ1n) is 7.48. The standard InChI is InChI=1S/C18H18FIN2/c1-13-9-18(22-7-2-3-8-22)17(19)10-14(13)12-21-16-6-4-5-15(20)11-16/h4-6,9-12H,2-3,7-8H2,1H3. The number of hydrogen-bond donors (Lipinski definition) is 0. The zero-order chi connectivity index (χ0) is 15.5. The Morgan fingerprint density at radius 2 is 1.95 bits per heavy atom. The summed E-state index contributed by atoms with van der Waals surface area (Å²) >= 11 is 2.26. The maximum Gasteiger partial charge on any atom is 0.147 e. The number of nitrogens with zero attached hydrogens (tertiary/aromatic N) is 2. The Hall–Kier alpha value is -1.43. The van der Waals surface area contributed by atoms with Crippen molar-refractivity contribution >= 4 is 40.2 Å². The zero-order valence-electron chi connectivity index (χ0n) is 12.5. The Morgan fingerprint density at radius 3 is 2.68 bits per heavy atom. The quantitative estimate of drug-likeness (QED) is 0.511. The molecule has 0 N–H and O–H groups in total. The van der Waals surface area contributed by atoms with Gasteiger partial charge < -0.3 is 4.90 Å². The third-order valence-corrected chi connectivity index (χ3v) is 4.61. The number of anilines is 1. The molecule has 0 amide bonds. The molecular formula is C18H18FIN2. The van der Waals surface area contributed by atoms with E-state index >= 15 is 0 Å². The average Bonchev–Trinajstić information content (AvgIpc) is 3.02. The molecule has 0 unspecified atom stereocenters. The van der Waals surface area contributed by atoms with E-state index in [1.807, 2.05) is 37.3 Å². The molecule has 0 aliphatic carbocycles. The van der Waals surface area contributed by atoms with Crippen LogP contribution in [0.3, 0.4) is 0 Å². The number of rotatable bonds is 3. The molecule has 2 nitrogen and oxygen atoms in total. The van der Waals surface area contributed by atoms with Gasteiger partial charge in [0, 0.05) is 22.9 Å². The molecule has 2 aromatic carbocycles. The van der Waals surface area contributed by atoms with Crippen molar-refractivity contribution in [2.24, 2.45) is 4.99 Å². The molecule has 0 atom stereocenters. The van der Waals surface area contributed by atoms with Crippen LogP contribution in [0.1, 0.15) is 24.0 Å². The molecule has 1 aliphatic heterocycles. The maximum absolute atomic E-state index is 14.4. The monoisotopic (exact) mass is 408 g/mol. The first-order valence-corrected chi connectivity index (χ1v) is 8.56. The van der Waals surface area contributed by atoms with Gasteiger partial charge in [-0.3, -0.25) is 4.99 Å². The van der Waals surface area contributed by atoms with Crippen molar-refractivity contribution in [2.75, 3.05) is 18.0 Å². The van der Waals surface area contributed by atoms with E-state index in [9.17, 15) is 4.39 Å². The second-order valence-corrected chi connectivity index (χ2v) is 6.84. The molecule has 22 heavy (non-hydrogen) atoms. The van der Waals surface area contributed by atoms with Gasteiger partial charge >= 0.3 is 0 Å². The van der Waals surface area contributed by atoms with Crippen molar-refractivity contribution in [3.8, 4) is 0 Å². The summed E-state index contributed by atoms with van der Waals surface area (Å²) < 4.78 is 15.5. The molecule has 1 aliphatic rings. The molecule has 114 valence electrons. The number of halogens is 2. The van der Waals surface area contributed by atoms with Gasteiger partial charge in [0.15, 0.2) is 0 Å². The van der Waals surface area contributed by atoms with E-state index in [1.54, 1.807) is 12.3 Å². The van der Waals surface area contributed by atoms with Gasteiger partial charge in [0.25, 0.3) is 0 Å². The van der Waals surface area contributed by atoms with Gasteiger partial charge in [-0.05, 0) is 83.8 Å². The number of hydrogen-bond acceptors (Lipinski definition) is 2. The summed E-state index contributed by atoms with van der Waals surface area (Å²) in [6.45, 7) is 3.91. The van der Waals surface area contributed by atoms with Crippen LogP contribution in [0.2, 0.25) is 0 Å². The van der Waals surface area contributed by atoms with Crippen molar-refractivity contribution in [1.29, 1.82) is 0 Å². The zero-order valence-corrected chi connectivity index (χ0v) is 14.7. The Kier molecular flexibility index (Phi) is 4.76. The van der Waals surface area contributed by atoms with Crippen LogP contribution in [0.25, 0.3) is 0 Å². The first-order chi connectivity index (χ1) is 10.6. The van der Waals surface area contributed by atoms with Crippen LogP contribution >= 0.6 is 22.6 Å². The molecule has 4 heteroatoms. The number of aliphatic imine (C=N–C) groups is 1. The van der Waals surface area contributed by atoms with E-state index in [4.69, 9.17) is 0 Å². The summed E-state index contributed by atoms with van der Waals surface area (Å²) in [5, 5.41) is 0. The third kappa shape index (κ3) is 3.48. The fourth-order valence-corrected chi connectivity index (χ4v) is 3.25. The summed E-state index contributed by atoms with van der Waals surface area (Å²) in [6, 6.07) is 11.5. The van der Waals surface area contributed by atoms with Crippen molar-refractivity contribution in [3.05, 3.63) is 56.9 Å². The lowest BCUT2D eigenvalue weighted by Gasteiger charge is -2.19. The van der Waals surface area contributed by atoms with Crippen LogP contribution in [0.4, 0.5) is 15.8 Å². The van der Waals surface area contributed by atoms with Gasteiger partial charge in [0.2, 0.25) is 0 Å². The fourth-order valence-electron chi connectivity index (χ4n) is 2.72. The van der Waals surface area contributed by atoms with Crippen LogP contribution < -0.4 is 4.90 Å². The Bertz CT molecular complexity index is 706. The second-order valence-electron chi connectivity index (χ2n) is 5.59. The molecule has 1 saturated heterocycles. The highest BCUT2D eigenvalue weighted by atomic mass is 127. The van der Waals surface area contributed by atoms with E-state index < -0.39 is 0 Å². The topological polar surface area (TPSA) is 15.6 Å². The van der Waals surface area contributed by atoms with Gasteiger partial charge in [-0.2, -0.15) is 0 Å². The van der Waals surface area contributed by atoms with Gasteiger partial charge in [-0.15, -0.1) is 0 Å². The normalized spacial score (nSPS) is 15.0. The number of aryl methyl sites for hydroxylation is 1. The van der Waals surface area contributed by atoms with Gasteiger partial charge in [0.1, 0.15) is 5.82 Å². The van der Waals surface area contributed by atoms with Crippen LogP contribution in [0, 0.1) is 16.3 Å². The van der Waals surface area contributed by atoms with Gasteiger partial charge in [-0.25, -0.2) is 4.39 Å². The minimum atomic E-state index is -0.156. The van der Waals surface area contributed by atoms with E-state index in [0.29, 0.717) is 0 Å². The predicted molar refractivity (Wildman–Crippen MR) is 99.0 cm³/mol. The molecule has 1 heterocycles. The summed E-state index contributed by atoms with van der Waals surface area (Å²) in [4.78, 5) is 6.58. The van der Waals surface area contributed by atoms with Crippen molar-refractivity contribution in [3.63, 3.8) is 0 Å². The van der Waals surface area contributed by atoms with E-state index in [2.05, 4.69) is 32.5 Å². The van der Waals surface area contributed by atoms with E-state index in [1.165, 1.54) is 0 Å². The van der Waals surface area contributed by atoms with Crippen LogP contribution in [0.15, 0.2) is 41.4 Å². The van der Waals surface area contributed by atoms with Gasteiger partial charge in [-0.1, -0.05) is 6.07 Å². The molecule has 0 radical (unpaired) electrons. The Labute approximate surface area is 144 Å². The second kappa shape index (κ2) is 6.77. The summed E-state index contributed by atoms with van der Waals surface area (Å²) in [5.74, 6) is -0.156. The summed E-state index contributed by atoms with van der Waals surface area (Å²) in [6.07, 6.45) is 4.04. The minimum Gasteiger partial charge on any atom is -0.369 e. The largest absolute Gasteiger partial charge is 0.369 e. The number of benzene rings is 2. The molecule has 0 saturated carbocycles. The minimum absolute atomic E-state index is 0.156. The molecule has 0 aromatic heterocycles. The highest BCUT2D eigenvalue weighted by Crippen LogP contribution is 2.26. The first kappa shape index (κ1) is 15.5. The lowest BCUT2D eigenvalue weighted by atomic mass is 10.1. The molecule has 2 aromatic rings. The Balaban J connectivity index is 1.86. The summed E-state index contributed by atoms with van der Waals surface area (Å²) in [5.41, 5.74) is 3.49. The van der Waals surface area contributed by atoms with E-state index in [-0.39, 0.29) is 5.82 Å². The molecule has 0 spiro atoms. The molecule has 0 bridgehead atoms. The van der Waals surface area contributed by atoms with Crippen molar-refractivity contribution in [1.82, 2.24) is 0 Å². The third-order valence-electron chi connectivity index (χ3n) is 3.94. The highest BCUT2D eigenvalue weighted by Gasteiger charge is 2.17. The molecule has 3 rings (SSSR count). The van der Waals surface area contributed by atoms with E-state index in [0.717, 1.165) is 52.0 Å². The van der Waals surface area contributed by atoms with Gasteiger partial charge in [0.05, 0.1) is 11.4 Å². The van der Waals surface area contributed by atoms with Crippen LogP contribution in [0.5, 0.6) is 0 Å². The molecule has 1 fully saturated rings. The SMILES string of the molecule is Cc1cc(N2CCCC2)c(F)cc1C=Nc1cccc(I)c1. The predicted octanol–water partition coefficient (Wildman–Crippen LogP) is 5.09. The Morgan fingerprint density at radius 1 is 1.18 bits per heavy atom. The smallest absolute Gasteiger partial charge is 0.147 e. The molecular weight excluding hydrogens is 390 g/mol. The summed E-state index contributed by atoms with van der Waals surface area (Å²) in [7, 11) is 0. The fraction of sp³-hybridized carbons (Fsp3) is 0.278. The van der Waals surface area contributed by atoms with Crippen molar-refractivity contribution < 1.29 is 4.39 Å². The van der Waals surface area contributed by atoms with Crippen molar-refractivity contribution in [2.45, 2.75) is 19.8 Å². The lowest BCUT2D eigenvalue weighted by Crippen LogP contribution is -2.19. The average molecular weight is 408 g/mol. The maximum atomic E-state index is 14.4. The van der Waals surface area contributed by atoms with Crippen LogP contribution in [-0.4, -0.2) is 19.3 Å². The van der Waals surface area contributed by atoms with Crippen LogP contribution in [-0.2, 0) is 0 Å². The highest BCUT2D eigenvalue weighted by molar-refractivity contribution is 14.1.